The van der Waals surface area contributed by atoms with Crippen LogP contribution < -0.4 is 5.32 Å². The number of rotatable bonds is 5. The minimum absolute atomic E-state index is 0.714. The van der Waals surface area contributed by atoms with Crippen LogP contribution in [-0.4, -0.2) is 6.04 Å². The van der Waals surface area contributed by atoms with E-state index >= 15 is 0 Å². The first-order valence-electron chi connectivity index (χ1n) is 5.64. The first-order valence-corrected chi connectivity index (χ1v) is 7.25. The third-order valence-electron chi connectivity index (χ3n) is 2.99. The molecule has 1 nitrogen and oxygen atoms in total. The molecule has 1 atom stereocenters. The van der Waals surface area contributed by atoms with Gasteiger partial charge in [-0.2, -0.15) is 0 Å². The van der Waals surface area contributed by atoms with Gasteiger partial charge in [0, 0.05) is 17.5 Å². The third kappa shape index (κ3) is 3.30. The summed E-state index contributed by atoms with van der Waals surface area (Å²) in [5.74, 6) is 1.69. The molecule has 84 valence electrons. The van der Waals surface area contributed by atoms with E-state index in [4.69, 9.17) is 0 Å². The first kappa shape index (κ1) is 11.6. The largest absolute Gasteiger partial charge is 0.309 e. The van der Waals surface area contributed by atoms with Crippen LogP contribution in [0.25, 0.3) is 0 Å². The Morgan fingerprint density at radius 2 is 2.20 bits per heavy atom. The highest BCUT2D eigenvalue weighted by atomic mass is 79.9. The maximum Gasteiger partial charge on any atom is 0.0701 e. The lowest BCUT2D eigenvalue weighted by atomic mass is 9.99. The molecule has 1 aliphatic rings. The lowest BCUT2D eigenvalue weighted by Gasteiger charge is -2.21. The Morgan fingerprint density at radius 1 is 1.47 bits per heavy atom. The summed E-state index contributed by atoms with van der Waals surface area (Å²) in [6.07, 6.45) is 2.84. The molecule has 1 aromatic rings. The fourth-order valence-corrected chi connectivity index (χ4v) is 3.50. The zero-order valence-electron chi connectivity index (χ0n) is 9.29. The van der Waals surface area contributed by atoms with Gasteiger partial charge < -0.3 is 5.32 Å². The summed E-state index contributed by atoms with van der Waals surface area (Å²) in [5, 5.41) is 3.70. The van der Waals surface area contributed by atoms with Crippen molar-refractivity contribution in [2.24, 2.45) is 11.8 Å². The molecule has 2 rings (SSSR count). The van der Waals surface area contributed by atoms with E-state index in [1.165, 1.54) is 21.5 Å². The Kier molecular flexibility index (Phi) is 3.86. The lowest BCUT2D eigenvalue weighted by Crippen LogP contribution is -2.35. The monoisotopic (exact) mass is 287 g/mol. The van der Waals surface area contributed by atoms with Crippen molar-refractivity contribution in [2.75, 3.05) is 0 Å². The molecule has 0 aromatic carbocycles. The Labute approximate surface area is 104 Å². The molecule has 0 aliphatic heterocycles. The van der Waals surface area contributed by atoms with Crippen LogP contribution in [0.1, 0.15) is 31.6 Å². The van der Waals surface area contributed by atoms with Gasteiger partial charge in [-0.1, -0.05) is 13.8 Å². The fourth-order valence-electron chi connectivity index (χ4n) is 2.07. The van der Waals surface area contributed by atoms with Crippen LogP contribution >= 0.6 is 27.3 Å². The van der Waals surface area contributed by atoms with E-state index in [1.54, 1.807) is 0 Å². The molecule has 1 unspecified atom stereocenters. The predicted octanol–water partition coefficient (Wildman–Crippen LogP) is 4.03. The molecule has 1 fully saturated rings. The second-order valence-corrected chi connectivity index (χ2v) is 7.24. The van der Waals surface area contributed by atoms with Gasteiger partial charge >= 0.3 is 0 Å². The van der Waals surface area contributed by atoms with E-state index < -0.39 is 0 Å². The van der Waals surface area contributed by atoms with Gasteiger partial charge in [0.1, 0.15) is 0 Å². The highest BCUT2D eigenvalue weighted by Crippen LogP contribution is 2.36. The summed E-state index contributed by atoms with van der Waals surface area (Å²) in [5.41, 5.74) is 0. The van der Waals surface area contributed by atoms with Crippen molar-refractivity contribution in [3.05, 3.63) is 20.8 Å². The molecule has 1 saturated carbocycles. The van der Waals surface area contributed by atoms with Gasteiger partial charge in [-0.25, -0.2) is 0 Å². The van der Waals surface area contributed by atoms with E-state index in [1.807, 2.05) is 11.3 Å². The number of halogens is 1. The molecule has 15 heavy (non-hydrogen) atoms. The minimum Gasteiger partial charge on any atom is -0.309 e. The molecule has 1 aromatic heterocycles. The van der Waals surface area contributed by atoms with E-state index in [0.29, 0.717) is 6.04 Å². The van der Waals surface area contributed by atoms with Crippen LogP contribution in [0.2, 0.25) is 0 Å². The van der Waals surface area contributed by atoms with E-state index in [2.05, 4.69) is 47.2 Å². The minimum atomic E-state index is 0.714. The van der Waals surface area contributed by atoms with Gasteiger partial charge in [-0.15, -0.1) is 11.3 Å². The summed E-state index contributed by atoms with van der Waals surface area (Å²) in [6.45, 7) is 5.66. The van der Waals surface area contributed by atoms with Gasteiger partial charge in [0.25, 0.3) is 0 Å². The lowest BCUT2D eigenvalue weighted by molar-refractivity contribution is 0.360. The van der Waals surface area contributed by atoms with Crippen molar-refractivity contribution in [1.82, 2.24) is 5.32 Å². The van der Waals surface area contributed by atoms with Crippen LogP contribution in [-0.2, 0) is 6.54 Å². The van der Waals surface area contributed by atoms with Crippen molar-refractivity contribution in [1.29, 1.82) is 0 Å². The highest BCUT2D eigenvalue weighted by molar-refractivity contribution is 9.11. The Balaban J connectivity index is 1.85. The van der Waals surface area contributed by atoms with Crippen LogP contribution in [0.5, 0.6) is 0 Å². The molecule has 0 saturated heterocycles. The van der Waals surface area contributed by atoms with Crippen LogP contribution in [0.4, 0.5) is 0 Å². The first-order chi connectivity index (χ1) is 7.16. The van der Waals surface area contributed by atoms with Gasteiger partial charge in [0.15, 0.2) is 0 Å². The SMILES string of the molecule is CC(C)C(NCc1ccc(Br)s1)C1CC1. The molecule has 3 heteroatoms. The van der Waals surface area contributed by atoms with Crippen molar-refractivity contribution >= 4 is 27.3 Å². The normalized spacial score (nSPS) is 18.4. The highest BCUT2D eigenvalue weighted by Gasteiger charge is 2.32. The van der Waals surface area contributed by atoms with Gasteiger partial charge in [0.2, 0.25) is 0 Å². The third-order valence-corrected chi connectivity index (χ3v) is 4.61. The Morgan fingerprint density at radius 3 is 2.67 bits per heavy atom. The smallest absolute Gasteiger partial charge is 0.0701 e. The molecule has 0 bridgehead atoms. The molecule has 1 heterocycles. The zero-order chi connectivity index (χ0) is 10.8. The van der Waals surface area contributed by atoms with E-state index in [-0.39, 0.29) is 0 Å². The van der Waals surface area contributed by atoms with Gasteiger partial charge in [-0.05, 0) is 52.7 Å². The van der Waals surface area contributed by atoms with Crippen LogP contribution in [0.15, 0.2) is 15.9 Å². The van der Waals surface area contributed by atoms with E-state index in [9.17, 15) is 0 Å². The maximum atomic E-state index is 3.70. The molecule has 0 amide bonds. The second kappa shape index (κ2) is 4.98. The average molecular weight is 288 g/mol. The topological polar surface area (TPSA) is 12.0 Å². The zero-order valence-corrected chi connectivity index (χ0v) is 11.7. The Bertz CT molecular complexity index is 315. The second-order valence-electron chi connectivity index (χ2n) is 4.69. The molecular weight excluding hydrogens is 270 g/mol. The van der Waals surface area contributed by atoms with Crippen molar-refractivity contribution in [2.45, 2.75) is 39.3 Å². The predicted molar refractivity (Wildman–Crippen MR) is 70.2 cm³/mol. The van der Waals surface area contributed by atoms with E-state index in [0.717, 1.165) is 18.4 Å². The van der Waals surface area contributed by atoms with Gasteiger partial charge in [-0.3, -0.25) is 0 Å². The molecule has 1 aliphatic carbocycles. The summed E-state index contributed by atoms with van der Waals surface area (Å²) < 4.78 is 1.23. The fraction of sp³-hybridized carbons (Fsp3) is 0.667. The summed E-state index contributed by atoms with van der Waals surface area (Å²) in [7, 11) is 0. The maximum absolute atomic E-state index is 3.70. The number of hydrogen-bond donors (Lipinski definition) is 1. The average Bonchev–Trinajstić information content (AvgIpc) is 2.90. The van der Waals surface area contributed by atoms with Crippen molar-refractivity contribution in [3.8, 4) is 0 Å². The summed E-state index contributed by atoms with van der Waals surface area (Å²) in [4.78, 5) is 1.42. The Hall–Kier alpha value is 0.140. The standard InChI is InChI=1S/C12H18BrNS/c1-8(2)12(9-3-4-9)14-7-10-5-6-11(13)15-10/h5-6,8-9,12,14H,3-4,7H2,1-2H3. The van der Waals surface area contributed by atoms with Crippen LogP contribution in [0.3, 0.4) is 0 Å². The molecule has 0 radical (unpaired) electrons. The summed E-state index contributed by atoms with van der Waals surface area (Å²) in [6, 6.07) is 5.04. The number of nitrogens with one attached hydrogen (secondary N) is 1. The van der Waals surface area contributed by atoms with Crippen LogP contribution in [0, 0.1) is 11.8 Å². The molecule has 1 N–H and O–H groups in total. The van der Waals surface area contributed by atoms with Gasteiger partial charge in [0.05, 0.1) is 3.79 Å². The van der Waals surface area contributed by atoms with Crippen molar-refractivity contribution in [3.63, 3.8) is 0 Å². The molecule has 0 spiro atoms. The van der Waals surface area contributed by atoms with Crippen molar-refractivity contribution < 1.29 is 0 Å². The number of hydrogen-bond acceptors (Lipinski definition) is 2. The quantitative estimate of drug-likeness (QED) is 0.862. The molecular formula is C12H18BrNS. The summed E-state index contributed by atoms with van der Waals surface area (Å²) >= 11 is 5.33. The number of thiophene rings is 1.